The molecule has 2 rings (SSSR count). The van der Waals surface area contributed by atoms with E-state index in [0.29, 0.717) is 13.2 Å². The van der Waals surface area contributed by atoms with E-state index < -0.39 is 17.8 Å². The smallest absolute Gasteiger partial charge is 0.376 e. The third kappa shape index (κ3) is 3.13. The zero-order valence-electron chi connectivity index (χ0n) is 10.3. The van der Waals surface area contributed by atoms with Crippen LogP contribution in [0, 0.1) is 6.92 Å². The molecule has 1 heterocycles. The molecule has 1 aromatic carbocycles. The van der Waals surface area contributed by atoms with Crippen molar-refractivity contribution in [3.63, 3.8) is 0 Å². The standard InChI is InChI=1S/C13H13F3O3/c1-8-6-9(13(14,15)16)2-3-10(8)12(17)11-7-18-4-5-19-11/h2-3,6,11H,4-5,7H2,1H3. The molecule has 0 amide bonds. The molecule has 19 heavy (non-hydrogen) atoms. The molecule has 0 saturated carbocycles. The summed E-state index contributed by atoms with van der Waals surface area (Å²) in [6, 6.07) is 3.07. The first-order chi connectivity index (χ1) is 8.89. The number of carbonyl (C=O) groups is 1. The average Bonchev–Trinajstić information content (AvgIpc) is 2.38. The van der Waals surface area contributed by atoms with Crippen molar-refractivity contribution < 1.29 is 27.4 Å². The third-order valence-corrected chi connectivity index (χ3v) is 2.93. The number of rotatable bonds is 2. The van der Waals surface area contributed by atoms with E-state index in [9.17, 15) is 18.0 Å². The number of benzene rings is 1. The van der Waals surface area contributed by atoms with Gasteiger partial charge in [-0.3, -0.25) is 4.79 Å². The number of ketones is 1. The second-order valence-electron chi connectivity index (χ2n) is 4.33. The number of Topliss-reactive ketones (excluding diaryl/α,β-unsaturated/α-hetero) is 1. The van der Waals surface area contributed by atoms with Gasteiger partial charge in [0.15, 0.2) is 5.78 Å². The molecule has 6 heteroatoms. The van der Waals surface area contributed by atoms with E-state index in [2.05, 4.69) is 0 Å². The van der Waals surface area contributed by atoms with Gasteiger partial charge in [-0.15, -0.1) is 0 Å². The number of hydrogen-bond donors (Lipinski definition) is 0. The molecule has 3 nitrogen and oxygen atoms in total. The molecule has 104 valence electrons. The van der Waals surface area contributed by atoms with Crippen LogP contribution in [0.5, 0.6) is 0 Å². The summed E-state index contributed by atoms with van der Waals surface area (Å²) in [5, 5.41) is 0. The Kier molecular flexibility index (Phi) is 3.91. The molecule has 0 radical (unpaired) electrons. The van der Waals surface area contributed by atoms with Crippen molar-refractivity contribution in [2.75, 3.05) is 19.8 Å². The number of carbonyl (C=O) groups excluding carboxylic acids is 1. The summed E-state index contributed by atoms with van der Waals surface area (Å²) in [5.41, 5.74) is -0.236. The Hall–Kier alpha value is -1.40. The molecule has 1 unspecified atom stereocenters. The Balaban J connectivity index is 2.23. The Morgan fingerprint density at radius 2 is 2.05 bits per heavy atom. The number of aryl methyl sites for hydroxylation is 1. The first kappa shape index (κ1) is 14.0. The molecule has 0 aliphatic carbocycles. The molecule has 1 aliphatic heterocycles. The van der Waals surface area contributed by atoms with Crippen LogP contribution < -0.4 is 0 Å². The molecule has 0 bridgehead atoms. The highest BCUT2D eigenvalue weighted by atomic mass is 19.4. The highest BCUT2D eigenvalue weighted by molar-refractivity contribution is 6.00. The maximum atomic E-state index is 12.5. The Morgan fingerprint density at radius 3 is 2.58 bits per heavy atom. The van der Waals surface area contributed by atoms with Crippen LogP contribution in [0.4, 0.5) is 13.2 Å². The predicted octanol–water partition coefficient (Wildman–Crippen LogP) is 2.61. The van der Waals surface area contributed by atoms with Crippen LogP contribution in [0.3, 0.4) is 0 Å². The average molecular weight is 274 g/mol. The molecule has 1 fully saturated rings. The van der Waals surface area contributed by atoms with Crippen molar-refractivity contribution in [3.05, 3.63) is 34.9 Å². The summed E-state index contributed by atoms with van der Waals surface area (Å²) in [6.45, 7) is 2.36. The number of halogens is 3. The maximum Gasteiger partial charge on any atom is 0.416 e. The molecule has 1 atom stereocenters. The van der Waals surface area contributed by atoms with Gasteiger partial charge in [0.2, 0.25) is 0 Å². The lowest BCUT2D eigenvalue weighted by Gasteiger charge is -2.22. The van der Waals surface area contributed by atoms with Crippen molar-refractivity contribution in [1.29, 1.82) is 0 Å². The zero-order valence-corrected chi connectivity index (χ0v) is 10.3. The van der Waals surface area contributed by atoms with E-state index in [4.69, 9.17) is 9.47 Å². The van der Waals surface area contributed by atoms with Crippen LogP contribution >= 0.6 is 0 Å². The first-order valence-corrected chi connectivity index (χ1v) is 5.81. The van der Waals surface area contributed by atoms with Crippen LogP contribution in [-0.2, 0) is 15.7 Å². The van der Waals surface area contributed by atoms with Gasteiger partial charge in [0, 0.05) is 5.56 Å². The SMILES string of the molecule is Cc1cc(C(F)(F)F)ccc1C(=O)C1COCCO1. The summed E-state index contributed by atoms with van der Waals surface area (Å²) in [6.07, 6.45) is -5.14. The summed E-state index contributed by atoms with van der Waals surface area (Å²) in [5.74, 6) is -0.342. The summed E-state index contributed by atoms with van der Waals surface area (Å²) in [7, 11) is 0. The van der Waals surface area contributed by atoms with E-state index in [1.807, 2.05) is 0 Å². The van der Waals surface area contributed by atoms with E-state index in [-0.39, 0.29) is 23.5 Å². The molecule has 0 N–H and O–H groups in total. The number of ether oxygens (including phenoxy) is 2. The van der Waals surface area contributed by atoms with Crippen LogP contribution in [0.25, 0.3) is 0 Å². The summed E-state index contributed by atoms with van der Waals surface area (Å²) in [4.78, 5) is 12.1. The molecule has 1 aromatic rings. The molecular weight excluding hydrogens is 261 g/mol. The van der Waals surface area contributed by atoms with E-state index in [1.54, 1.807) is 0 Å². The second kappa shape index (κ2) is 5.30. The monoisotopic (exact) mass is 274 g/mol. The van der Waals surface area contributed by atoms with Crippen LogP contribution in [0.15, 0.2) is 18.2 Å². The van der Waals surface area contributed by atoms with Crippen molar-refractivity contribution in [2.45, 2.75) is 19.2 Å². The summed E-state index contributed by atoms with van der Waals surface area (Å²) < 4.78 is 47.9. The normalized spacial score (nSPS) is 20.3. The van der Waals surface area contributed by atoms with Crippen molar-refractivity contribution >= 4 is 5.78 Å². The minimum atomic E-state index is -4.41. The predicted molar refractivity (Wildman–Crippen MR) is 61.1 cm³/mol. The van der Waals surface area contributed by atoms with Gasteiger partial charge in [-0.1, -0.05) is 6.07 Å². The third-order valence-electron chi connectivity index (χ3n) is 2.93. The minimum absolute atomic E-state index is 0.138. The topological polar surface area (TPSA) is 35.5 Å². The van der Waals surface area contributed by atoms with Gasteiger partial charge in [0.25, 0.3) is 0 Å². The molecular formula is C13H13F3O3. The highest BCUT2D eigenvalue weighted by Crippen LogP contribution is 2.30. The van der Waals surface area contributed by atoms with E-state index in [1.165, 1.54) is 13.0 Å². The second-order valence-corrected chi connectivity index (χ2v) is 4.33. The Morgan fingerprint density at radius 1 is 1.32 bits per heavy atom. The highest BCUT2D eigenvalue weighted by Gasteiger charge is 2.32. The van der Waals surface area contributed by atoms with Crippen LogP contribution in [0.1, 0.15) is 21.5 Å². The quantitative estimate of drug-likeness (QED) is 0.778. The van der Waals surface area contributed by atoms with Gasteiger partial charge in [-0.05, 0) is 24.6 Å². The van der Waals surface area contributed by atoms with Gasteiger partial charge in [-0.2, -0.15) is 13.2 Å². The first-order valence-electron chi connectivity index (χ1n) is 5.81. The van der Waals surface area contributed by atoms with Gasteiger partial charge >= 0.3 is 6.18 Å². The van der Waals surface area contributed by atoms with Gasteiger partial charge in [0.1, 0.15) is 6.10 Å². The maximum absolute atomic E-state index is 12.5. The Bertz CT molecular complexity index is 477. The fraction of sp³-hybridized carbons (Fsp3) is 0.462. The number of alkyl halides is 3. The van der Waals surface area contributed by atoms with Crippen LogP contribution in [0.2, 0.25) is 0 Å². The zero-order chi connectivity index (χ0) is 14.0. The lowest BCUT2D eigenvalue weighted by molar-refractivity contribution is -0.137. The van der Waals surface area contributed by atoms with Crippen molar-refractivity contribution in [2.24, 2.45) is 0 Å². The molecule has 0 spiro atoms. The van der Waals surface area contributed by atoms with E-state index in [0.717, 1.165) is 12.1 Å². The molecule has 0 aromatic heterocycles. The summed E-state index contributed by atoms with van der Waals surface area (Å²) >= 11 is 0. The fourth-order valence-electron chi connectivity index (χ4n) is 1.93. The van der Waals surface area contributed by atoms with Crippen molar-refractivity contribution in [1.82, 2.24) is 0 Å². The van der Waals surface area contributed by atoms with Gasteiger partial charge in [-0.25, -0.2) is 0 Å². The minimum Gasteiger partial charge on any atom is -0.376 e. The van der Waals surface area contributed by atoms with Gasteiger partial charge in [0.05, 0.1) is 25.4 Å². The lowest BCUT2D eigenvalue weighted by atomic mass is 9.98. The fourth-order valence-corrected chi connectivity index (χ4v) is 1.93. The largest absolute Gasteiger partial charge is 0.416 e. The van der Waals surface area contributed by atoms with Crippen LogP contribution in [-0.4, -0.2) is 31.7 Å². The Labute approximate surface area is 108 Å². The molecule has 1 aliphatic rings. The molecule has 1 saturated heterocycles. The number of hydrogen-bond acceptors (Lipinski definition) is 3. The van der Waals surface area contributed by atoms with Crippen molar-refractivity contribution in [3.8, 4) is 0 Å². The van der Waals surface area contributed by atoms with Gasteiger partial charge < -0.3 is 9.47 Å². The van der Waals surface area contributed by atoms with E-state index >= 15 is 0 Å². The lowest BCUT2D eigenvalue weighted by Crippen LogP contribution is -2.35.